The van der Waals surface area contributed by atoms with Crippen LogP contribution in [0.5, 0.6) is 0 Å². The van der Waals surface area contributed by atoms with Crippen LogP contribution in [-0.4, -0.2) is 55.1 Å². The lowest BCUT2D eigenvalue weighted by Gasteiger charge is -2.24. The van der Waals surface area contributed by atoms with Crippen LogP contribution in [-0.2, 0) is 17.6 Å². The molecule has 1 aliphatic carbocycles. The van der Waals surface area contributed by atoms with Crippen molar-refractivity contribution in [3.05, 3.63) is 23.4 Å². The molecule has 1 aliphatic heterocycles. The van der Waals surface area contributed by atoms with E-state index in [2.05, 4.69) is 16.3 Å². The Morgan fingerprint density at radius 1 is 1.52 bits per heavy atom. The first kappa shape index (κ1) is 16.0. The number of methoxy groups -OCH3 is 1. The number of aromatic nitrogens is 1. The summed E-state index contributed by atoms with van der Waals surface area (Å²) in [6, 6.07) is 4.22. The van der Waals surface area contributed by atoms with E-state index in [0.29, 0.717) is 13.2 Å². The first-order valence-corrected chi connectivity index (χ1v) is 8.04. The number of amides is 1. The maximum Gasteiger partial charge on any atom is 0.404 e. The van der Waals surface area contributed by atoms with E-state index < -0.39 is 6.09 Å². The minimum atomic E-state index is -0.995. The van der Waals surface area contributed by atoms with Gasteiger partial charge in [-0.1, -0.05) is 6.07 Å². The van der Waals surface area contributed by atoms with Crippen LogP contribution in [0.25, 0.3) is 0 Å². The Morgan fingerprint density at radius 3 is 3.09 bits per heavy atom. The molecule has 3 rings (SSSR count). The van der Waals surface area contributed by atoms with E-state index in [-0.39, 0.29) is 18.0 Å². The molecule has 2 unspecified atom stereocenters. The Morgan fingerprint density at radius 2 is 2.35 bits per heavy atom. The van der Waals surface area contributed by atoms with Gasteiger partial charge in [0.15, 0.2) is 0 Å². The van der Waals surface area contributed by atoms with Gasteiger partial charge in [0, 0.05) is 37.9 Å². The van der Waals surface area contributed by atoms with Crippen molar-refractivity contribution in [3.63, 3.8) is 0 Å². The highest BCUT2D eigenvalue weighted by atomic mass is 16.5. The zero-order valence-electron chi connectivity index (χ0n) is 13.4. The SMILES string of the molecule is COCC1CN(c2ccc3c(n2)CC[C@H](N)C3)CC1NC(=O)O. The smallest absolute Gasteiger partial charge is 0.404 e. The number of nitrogens with zero attached hydrogens (tertiary/aromatic N) is 2. The lowest BCUT2D eigenvalue weighted by Crippen LogP contribution is -2.41. The predicted octanol–water partition coefficient (Wildman–Crippen LogP) is 0.616. The molecule has 0 aromatic carbocycles. The highest BCUT2D eigenvalue weighted by Gasteiger charge is 2.34. The first-order valence-electron chi connectivity index (χ1n) is 8.04. The van der Waals surface area contributed by atoms with Crippen molar-refractivity contribution in [3.8, 4) is 0 Å². The Bertz CT molecular complexity index is 580. The number of nitrogens with two attached hydrogens (primary N) is 1. The van der Waals surface area contributed by atoms with Crippen LogP contribution in [0.3, 0.4) is 0 Å². The number of anilines is 1. The average molecular weight is 320 g/mol. The molecule has 0 spiro atoms. The largest absolute Gasteiger partial charge is 0.465 e. The second-order valence-electron chi connectivity index (χ2n) is 6.45. The number of pyridine rings is 1. The summed E-state index contributed by atoms with van der Waals surface area (Å²) in [5, 5.41) is 11.6. The van der Waals surface area contributed by atoms with Crippen LogP contribution in [0.2, 0.25) is 0 Å². The number of carboxylic acid groups (broad SMARTS) is 1. The van der Waals surface area contributed by atoms with Gasteiger partial charge in [0.05, 0.1) is 12.6 Å². The normalized spacial score (nSPS) is 26.9. The molecule has 7 heteroatoms. The number of hydrogen-bond acceptors (Lipinski definition) is 5. The summed E-state index contributed by atoms with van der Waals surface area (Å²) < 4.78 is 5.23. The maximum absolute atomic E-state index is 11.0. The topological polar surface area (TPSA) is 101 Å². The number of nitrogens with one attached hydrogen (secondary N) is 1. The molecule has 126 valence electrons. The minimum Gasteiger partial charge on any atom is -0.465 e. The van der Waals surface area contributed by atoms with Crippen molar-refractivity contribution in [1.82, 2.24) is 10.3 Å². The highest BCUT2D eigenvalue weighted by molar-refractivity contribution is 5.65. The number of fused-ring (bicyclic) bond motifs is 1. The molecular formula is C16H24N4O3. The lowest BCUT2D eigenvalue weighted by atomic mass is 9.92. The summed E-state index contributed by atoms with van der Waals surface area (Å²) in [7, 11) is 1.64. The van der Waals surface area contributed by atoms with Gasteiger partial charge < -0.3 is 25.8 Å². The molecule has 1 fully saturated rings. The molecule has 23 heavy (non-hydrogen) atoms. The van der Waals surface area contributed by atoms with Gasteiger partial charge in [-0.2, -0.15) is 0 Å². The van der Waals surface area contributed by atoms with Crippen LogP contribution in [0.15, 0.2) is 12.1 Å². The second-order valence-corrected chi connectivity index (χ2v) is 6.45. The maximum atomic E-state index is 11.0. The van der Waals surface area contributed by atoms with Gasteiger partial charge in [-0.3, -0.25) is 0 Å². The third kappa shape index (κ3) is 3.56. The summed E-state index contributed by atoms with van der Waals surface area (Å²) in [6.07, 6.45) is 1.78. The Labute approximate surface area is 135 Å². The molecule has 0 bridgehead atoms. The van der Waals surface area contributed by atoms with Crippen molar-refractivity contribution in [2.45, 2.75) is 31.3 Å². The fourth-order valence-corrected chi connectivity index (χ4v) is 3.57. The quantitative estimate of drug-likeness (QED) is 0.752. The molecule has 0 saturated carbocycles. The van der Waals surface area contributed by atoms with Gasteiger partial charge in [-0.05, 0) is 30.9 Å². The summed E-state index contributed by atoms with van der Waals surface area (Å²) in [4.78, 5) is 17.9. The number of hydrogen-bond donors (Lipinski definition) is 3. The van der Waals surface area contributed by atoms with Crippen molar-refractivity contribution >= 4 is 11.9 Å². The zero-order valence-corrected chi connectivity index (χ0v) is 13.4. The van der Waals surface area contributed by atoms with E-state index in [1.165, 1.54) is 5.56 Å². The van der Waals surface area contributed by atoms with E-state index >= 15 is 0 Å². The molecular weight excluding hydrogens is 296 g/mol. The van der Waals surface area contributed by atoms with E-state index in [1.54, 1.807) is 7.11 Å². The Kier molecular flexibility index (Phi) is 4.68. The third-order valence-electron chi connectivity index (χ3n) is 4.74. The van der Waals surface area contributed by atoms with Gasteiger partial charge in [0.2, 0.25) is 0 Å². The third-order valence-corrected chi connectivity index (χ3v) is 4.74. The molecule has 3 atom stereocenters. The molecule has 2 heterocycles. The standard InChI is InChI=1S/C16H24N4O3/c1-23-9-11-7-20(8-14(11)19-16(21)22)15-5-2-10-6-12(17)3-4-13(10)18-15/h2,5,11-12,14,19H,3-4,6-9,17H2,1H3,(H,21,22)/t11?,12-,14?/m0/s1. The molecule has 1 aromatic rings. The average Bonchev–Trinajstić information content (AvgIpc) is 2.89. The fourth-order valence-electron chi connectivity index (χ4n) is 3.57. The van der Waals surface area contributed by atoms with E-state index in [1.807, 2.05) is 6.07 Å². The Balaban J connectivity index is 1.75. The molecule has 7 nitrogen and oxygen atoms in total. The zero-order chi connectivity index (χ0) is 16.4. The summed E-state index contributed by atoms with van der Waals surface area (Å²) in [5.74, 6) is 1.04. The Hall–Kier alpha value is -1.86. The van der Waals surface area contributed by atoms with E-state index in [0.717, 1.165) is 37.3 Å². The highest BCUT2D eigenvalue weighted by Crippen LogP contribution is 2.26. The number of carbonyl (C=O) groups is 1. The van der Waals surface area contributed by atoms with Gasteiger partial charge in [0.1, 0.15) is 5.82 Å². The summed E-state index contributed by atoms with van der Waals surface area (Å²) in [5.41, 5.74) is 8.37. The summed E-state index contributed by atoms with van der Waals surface area (Å²) in [6.45, 7) is 1.89. The number of aryl methyl sites for hydroxylation is 1. The van der Waals surface area contributed by atoms with Crippen molar-refractivity contribution < 1.29 is 14.6 Å². The van der Waals surface area contributed by atoms with E-state index in [9.17, 15) is 4.79 Å². The predicted molar refractivity (Wildman–Crippen MR) is 86.8 cm³/mol. The molecule has 1 amide bonds. The molecule has 2 aliphatic rings. The summed E-state index contributed by atoms with van der Waals surface area (Å²) >= 11 is 0. The van der Waals surface area contributed by atoms with Crippen molar-refractivity contribution in [1.29, 1.82) is 0 Å². The monoisotopic (exact) mass is 320 g/mol. The molecule has 1 aromatic heterocycles. The van der Waals surface area contributed by atoms with Gasteiger partial charge >= 0.3 is 6.09 Å². The van der Waals surface area contributed by atoms with Crippen molar-refractivity contribution in [2.75, 3.05) is 31.7 Å². The van der Waals surface area contributed by atoms with Gasteiger partial charge in [-0.15, -0.1) is 0 Å². The minimum absolute atomic E-state index is 0.127. The number of rotatable bonds is 4. The van der Waals surface area contributed by atoms with Crippen LogP contribution < -0.4 is 16.0 Å². The van der Waals surface area contributed by atoms with Gasteiger partial charge in [-0.25, -0.2) is 9.78 Å². The first-order chi connectivity index (χ1) is 11.1. The van der Waals surface area contributed by atoms with Crippen molar-refractivity contribution in [2.24, 2.45) is 11.7 Å². The van der Waals surface area contributed by atoms with Crippen LogP contribution in [0.4, 0.5) is 10.6 Å². The lowest BCUT2D eigenvalue weighted by molar-refractivity contribution is 0.142. The fraction of sp³-hybridized carbons (Fsp3) is 0.625. The molecule has 1 saturated heterocycles. The second kappa shape index (κ2) is 6.72. The van der Waals surface area contributed by atoms with Crippen LogP contribution in [0.1, 0.15) is 17.7 Å². The molecule has 4 N–H and O–H groups in total. The van der Waals surface area contributed by atoms with E-state index in [4.69, 9.17) is 20.6 Å². The van der Waals surface area contributed by atoms with Crippen LogP contribution >= 0.6 is 0 Å². The van der Waals surface area contributed by atoms with Gasteiger partial charge in [0.25, 0.3) is 0 Å². The number of ether oxygens (including phenoxy) is 1. The van der Waals surface area contributed by atoms with Crippen LogP contribution in [0, 0.1) is 5.92 Å². The molecule has 0 radical (unpaired) electrons.